The van der Waals surface area contributed by atoms with Crippen molar-refractivity contribution in [3.8, 4) is 0 Å². The first kappa shape index (κ1) is 14.9. The average molecular weight is 300 g/mol. The van der Waals surface area contributed by atoms with Crippen LogP contribution in [0.15, 0.2) is 36.7 Å². The number of aromatic nitrogens is 2. The maximum absolute atomic E-state index is 12.6. The molecule has 2 aromatic rings. The Kier molecular flexibility index (Phi) is 4.65. The van der Waals surface area contributed by atoms with Crippen LogP contribution in [0, 0.1) is 0 Å². The molecule has 0 aliphatic carbocycles. The van der Waals surface area contributed by atoms with Crippen molar-refractivity contribution in [3.63, 3.8) is 0 Å². The molecule has 1 aromatic carbocycles. The van der Waals surface area contributed by atoms with Gasteiger partial charge in [0, 0.05) is 31.6 Å². The van der Waals surface area contributed by atoms with Crippen molar-refractivity contribution < 1.29 is 14.3 Å². The molecule has 2 heterocycles. The molecule has 0 spiro atoms. The molecule has 1 aromatic heterocycles. The Labute approximate surface area is 129 Å². The largest absolute Gasteiger partial charge is 0.353 e. The molecule has 0 bridgehead atoms. The molecule has 116 valence electrons. The maximum atomic E-state index is 12.6. The van der Waals surface area contributed by atoms with Crippen LogP contribution in [-0.4, -0.2) is 28.2 Å². The fraction of sp³-hybridized carbons (Fsp3) is 0.412. The van der Waals surface area contributed by atoms with E-state index in [2.05, 4.69) is 4.98 Å². The summed E-state index contributed by atoms with van der Waals surface area (Å²) < 4.78 is 13.1. The van der Waals surface area contributed by atoms with Crippen molar-refractivity contribution in [2.45, 2.75) is 32.2 Å². The van der Waals surface area contributed by atoms with Gasteiger partial charge in [0.1, 0.15) is 0 Å². The molecule has 1 saturated heterocycles. The van der Waals surface area contributed by atoms with Gasteiger partial charge in [-0.15, -0.1) is 0 Å². The van der Waals surface area contributed by atoms with Gasteiger partial charge < -0.3 is 14.0 Å². The highest BCUT2D eigenvalue weighted by Crippen LogP contribution is 2.19. The van der Waals surface area contributed by atoms with Crippen molar-refractivity contribution >= 4 is 5.78 Å². The molecule has 0 radical (unpaired) electrons. The van der Waals surface area contributed by atoms with E-state index in [-0.39, 0.29) is 12.1 Å². The van der Waals surface area contributed by atoms with Crippen molar-refractivity contribution in [2.24, 2.45) is 7.05 Å². The van der Waals surface area contributed by atoms with Crippen LogP contribution < -0.4 is 0 Å². The lowest BCUT2D eigenvalue weighted by molar-refractivity contribution is -0.168. The zero-order valence-electron chi connectivity index (χ0n) is 12.7. The lowest BCUT2D eigenvalue weighted by atomic mass is 10.0. The summed E-state index contributed by atoms with van der Waals surface area (Å²) in [5, 5.41) is 0. The molecule has 0 saturated carbocycles. The summed E-state index contributed by atoms with van der Waals surface area (Å²) in [5.41, 5.74) is 1.50. The van der Waals surface area contributed by atoms with Gasteiger partial charge in [-0.05, 0) is 24.8 Å². The standard InChI is InChI=1S/C17H20N2O3/c1-19-10-9-18-17(19)16(20)14-7-3-2-6-13(14)12-22-15-8-4-5-11-21-15/h2-3,6-7,9-10,15H,4-5,8,11-12H2,1H3. The van der Waals surface area contributed by atoms with Crippen LogP contribution in [0.5, 0.6) is 0 Å². The van der Waals surface area contributed by atoms with Gasteiger partial charge in [-0.3, -0.25) is 4.79 Å². The number of ether oxygens (including phenoxy) is 2. The molecule has 5 nitrogen and oxygen atoms in total. The second-order valence-corrected chi connectivity index (χ2v) is 5.46. The van der Waals surface area contributed by atoms with E-state index in [1.54, 1.807) is 17.0 Å². The molecule has 22 heavy (non-hydrogen) atoms. The van der Waals surface area contributed by atoms with Gasteiger partial charge in [-0.25, -0.2) is 4.98 Å². The summed E-state index contributed by atoms with van der Waals surface area (Å²) in [6.07, 6.45) is 6.36. The Hall–Kier alpha value is -1.98. The lowest BCUT2D eigenvalue weighted by Crippen LogP contribution is -2.22. The molecule has 1 aliphatic heterocycles. The number of carbonyl (C=O) groups is 1. The molecule has 5 heteroatoms. The van der Waals surface area contributed by atoms with Crippen molar-refractivity contribution in [1.82, 2.24) is 9.55 Å². The lowest BCUT2D eigenvalue weighted by Gasteiger charge is -2.23. The van der Waals surface area contributed by atoms with E-state index in [1.807, 2.05) is 31.3 Å². The van der Waals surface area contributed by atoms with Crippen LogP contribution in [0.2, 0.25) is 0 Å². The zero-order chi connectivity index (χ0) is 15.4. The number of imidazole rings is 1. The maximum Gasteiger partial charge on any atom is 0.228 e. The number of rotatable bonds is 5. The molecular formula is C17H20N2O3. The normalized spacial score (nSPS) is 18.3. The smallest absolute Gasteiger partial charge is 0.228 e. The van der Waals surface area contributed by atoms with Crippen molar-refractivity contribution in [1.29, 1.82) is 0 Å². The zero-order valence-corrected chi connectivity index (χ0v) is 12.7. The minimum absolute atomic E-state index is 0.0868. The topological polar surface area (TPSA) is 53.4 Å². The minimum Gasteiger partial charge on any atom is -0.353 e. The minimum atomic E-state index is -0.162. The summed E-state index contributed by atoms with van der Waals surface area (Å²) in [5.74, 6) is 0.345. The average Bonchev–Trinajstić information content (AvgIpc) is 2.99. The number of hydrogen-bond donors (Lipinski definition) is 0. The fourth-order valence-electron chi connectivity index (χ4n) is 2.60. The van der Waals surface area contributed by atoms with E-state index in [0.29, 0.717) is 18.0 Å². The summed E-state index contributed by atoms with van der Waals surface area (Å²) in [6, 6.07) is 7.50. The van der Waals surface area contributed by atoms with Gasteiger partial charge in [0.15, 0.2) is 12.1 Å². The molecule has 1 aliphatic rings. The van der Waals surface area contributed by atoms with Crippen LogP contribution in [0.25, 0.3) is 0 Å². The highest BCUT2D eigenvalue weighted by atomic mass is 16.7. The molecule has 1 atom stereocenters. The first-order valence-electron chi connectivity index (χ1n) is 7.59. The van der Waals surface area contributed by atoms with Gasteiger partial charge in [0.2, 0.25) is 5.78 Å². The Balaban J connectivity index is 1.75. The predicted molar refractivity (Wildman–Crippen MR) is 81.5 cm³/mol. The van der Waals surface area contributed by atoms with E-state index in [9.17, 15) is 4.79 Å². The van der Waals surface area contributed by atoms with Gasteiger partial charge in [-0.1, -0.05) is 24.3 Å². The van der Waals surface area contributed by atoms with E-state index >= 15 is 0 Å². The third-order valence-electron chi connectivity index (χ3n) is 3.85. The van der Waals surface area contributed by atoms with Crippen LogP contribution in [0.4, 0.5) is 0 Å². The molecule has 1 fully saturated rings. The number of aryl methyl sites for hydroxylation is 1. The second-order valence-electron chi connectivity index (χ2n) is 5.46. The van der Waals surface area contributed by atoms with E-state index in [0.717, 1.165) is 31.4 Å². The van der Waals surface area contributed by atoms with Gasteiger partial charge in [0.25, 0.3) is 0 Å². The number of carbonyl (C=O) groups excluding carboxylic acids is 1. The van der Waals surface area contributed by atoms with Crippen LogP contribution in [0.1, 0.15) is 41.0 Å². The summed E-state index contributed by atoms with van der Waals surface area (Å²) >= 11 is 0. The van der Waals surface area contributed by atoms with Crippen molar-refractivity contribution in [2.75, 3.05) is 6.61 Å². The van der Waals surface area contributed by atoms with Gasteiger partial charge >= 0.3 is 0 Å². The Morgan fingerprint density at radius 3 is 3.00 bits per heavy atom. The number of ketones is 1. The Bertz CT molecular complexity index is 645. The van der Waals surface area contributed by atoms with Crippen LogP contribution in [-0.2, 0) is 23.1 Å². The molecule has 1 unspecified atom stereocenters. The number of benzene rings is 1. The third-order valence-corrected chi connectivity index (χ3v) is 3.85. The number of hydrogen-bond acceptors (Lipinski definition) is 4. The highest BCUT2D eigenvalue weighted by Gasteiger charge is 2.19. The van der Waals surface area contributed by atoms with E-state index in [4.69, 9.17) is 9.47 Å². The summed E-state index contributed by atoms with van der Waals surface area (Å²) in [4.78, 5) is 16.8. The fourth-order valence-corrected chi connectivity index (χ4v) is 2.60. The Morgan fingerprint density at radius 2 is 2.27 bits per heavy atom. The summed E-state index contributed by atoms with van der Waals surface area (Å²) in [7, 11) is 1.81. The predicted octanol–water partition coefficient (Wildman–Crippen LogP) is 2.69. The molecule has 0 N–H and O–H groups in total. The monoisotopic (exact) mass is 300 g/mol. The first-order valence-corrected chi connectivity index (χ1v) is 7.59. The van der Waals surface area contributed by atoms with E-state index < -0.39 is 0 Å². The van der Waals surface area contributed by atoms with Gasteiger partial charge in [-0.2, -0.15) is 0 Å². The first-order chi connectivity index (χ1) is 10.8. The van der Waals surface area contributed by atoms with Crippen LogP contribution in [0.3, 0.4) is 0 Å². The molecular weight excluding hydrogens is 280 g/mol. The highest BCUT2D eigenvalue weighted by molar-refractivity contribution is 6.07. The molecule has 0 amide bonds. The van der Waals surface area contributed by atoms with Crippen LogP contribution >= 0.6 is 0 Å². The molecule has 3 rings (SSSR count). The second kappa shape index (κ2) is 6.85. The number of nitrogens with zero attached hydrogens (tertiary/aromatic N) is 2. The van der Waals surface area contributed by atoms with E-state index in [1.165, 1.54) is 0 Å². The quantitative estimate of drug-likeness (QED) is 0.797. The SMILES string of the molecule is Cn1ccnc1C(=O)c1ccccc1COC1CCCCO1. The van der Waals surface area contributed by atoms with Crippen molar-refractivity contribution in [3.05, 3.63) is 53.6 Å². The summed E-state index contributed by atoms with van der Waals surface area (Å²) in [6.45, 7) is 1.12. The van der Waals surface area contributed by atoms with Gasteiger partial charge in [0.05, 0.1) is 6.61 Å². The Morgan fingerprint density at radius 1 is 1.41 bits per heavy atom. The third kappa shape index (κ3) is 3.26.